The molecule has 0 spiro atoms. The van der Waals surface area contributed by atoms with Crippen molar-refractivity contribution in [2.75, 3.05) is 6.61 Å². The van der Waals surface area contributed by atoms with Crippen molar-refractivity contribution in [3.63, 3.8) is 0 Å². The highest BCUT2D eigenvalue weighted by atomic mass is 35.5. The number of fused-ring (bicyclic) bond motifs is 3. The molecule has 0 aliphatic carbocycles. The van der Waals surface area contributed by atoms with Crippen LogP contribution in [-0.4, -0.2) is 21.3 Å². The second-order valence-corrected chi connectivity index (χ2v) is 4.18. The minimum absolute atomic E-state index is 0.110. The Labute approximate surface area is 101 Å². The molecule has 1 aliphatic rings. The van der Waals surface area contributed by atoms with E-state index in [4.69, 9.17) is 16.3 Å². The number of benzene rings is 1. The van der Waals surface area contributed by atoms with Crippen molar-refractivity contribution in [2.45, 2.75) is 13.2 Å². The summed E-state index contributed by atoms with van der Waals surface area (Å²) in [6.07, 6.45) is 0. The molecule has 2 heterocycles. The number of ether oxygens (including phenoxy) is 1. The second-order valence-electron chi connectivity index (χ2n) is 3.77. The van der Waals surface area contributed by atoms with E-state index in [1.54, 1.807) is 10.7 Å². The zero-order valence-electron chi connectivity index (χ0n) is 8.72. The SMILES string of the molecule is O=[N+]([O-])c1c(Cl)ccc2c3n(nc12)CCOC3. The van der Waals surface area contributed by atoms with Gasteiger partial charge in [0.1, 0.15) is 5.02 Å². The Morgan fingerprint density at radius 1 is 1.53 bits per heavy atom. The van der Waals surface area contributed by atoms with Crippen molar-refractivity contribution in [1.29, 1.82) is 0 Å². The third kappa shape index (κ3) is 1.49. The van der Waals surface area contributed by atoms with Crippen LogP contribution in [0.5, 0.6) is 0 Å². The largest absolute Gasteiger partial charge is 0.373 e. The Bertz CT molecular complexity index is 623. The molecule has 1 aromatic heterocycles. The molecule has 0 radical (unpaired) electrons. The highest BCUT2D eigenvalue weighted by molar-refractivity contribution is 6.34. The van der Waals surface area contributed by atoms with E-state index < -0.39 is 4.92 Å². The average Bonchev–Trinajstić information content (AvgIpc) is 2.66. The number of hydrogen-bond donors (Lipinski definition) is 0. The normalized spacial score (nSPS) is 14.9. The van der Waals surface area contributed by atoms with Gasteiger partial charge in [0.05, 0.1) is 30.4 Å². The summed E-state index contributed by atoms with van der Waals surface area (Å²) in [5.41, 5.74) is 1.07. The van der Waals surface area contributed by atoms with Crippen LogP contribution in [0.25, 0.3) is 10.9 Å². The lowest BCUT2D eigenvalue weighted by molar-refractivity contribution is -0.383. The van der Waals surface area contributed by atoms with Gasteiger partial charge in [0, 0.05) is 5.39 Å². The number of aromatic nitrogens is 2. The van der Waals surface area contributed by atoms with Gasteiger partial charge in [-0.3, -0.25) is 14.8 Å². The first-order valence-electron chi connectivity index (χ1n) is 5.08. The zero-order chi connectivity index (χ0) is 12.0. The van der Waals surface area contributed by atoms with Crippen LogP contribution >= 0.6 is 11.6 Å². The summed E-state index contributed by atoms with van der Waals surface area (Å²) in [6, 6.07) is 3.28. The van der Waals surface area contributed by atoms with Gasteiger partial charge in [-0.05, 0) is 12.1 Å². The zero-order valence-corrected chi connectivity index (χ0v) is 9.48. The third-order valence-corrected chi connectivity index (χ3v) is 3.12. The van der Waals surface area contributed by atoms with Gasteiger partial charge in [-0.2, -0.15) is 5.10 Å². The Hall–Kier alpha value is -1.66. The number of rotatable bonds is 1. The molecule has 88 valence electrons. The van der Waals surface area contributed by atoms with E-state index in [1.165, 1.54) is 6.07 Å². The summed E-state index contributed by atoms with van der Waals surface area (Å²) >= 11 is 5.84. The van der Waals surface area contributed by atoms with E-state index >= 15 is 0 Å². The third-order valence-electron chi connectivity index (χ3n) is 2.81. The van der Waals surface area contributed by atoms with Crippen LogP contribution in [0, 0.1) is 10.1 Å². The molecule has 0 bridgehead atoms. The van der Waals surface area contributed by atoms with Gasteiger partial charge >= 0.3 is 5.69 Å². The van der Waals surface area contributed by atoms with Gasteiger partial charge < -0.3 is 4.74 Å². The topological polar surface area (TPSA) is 70.2 Å². The summed E-state index contributed by atoms with van der Waals surface area (Å²) in [4.78, 5) is 10.5. The van der Waals surface area contributed by atoms with E-state index in [1.807, 2.05) is 0 Å². The molecular formula is C10H8ClN3O3. The van der Waals surface area contributed by atoms with Crippen LogP contribution in [0.15, 0.2) is 12.1 Å². The van der Waals surface area contributed by atoms with Crippen LogP contribution < -0.4 is 0 Å². The predicted octanol–water partition coefficient (Wildman–Crippen LogP) is 2.13. The maximum Gasteiger partial charge on any atom is 0.315 e. The lowest BCUT2D eigenvalue weighted by Crippen LogP contribution is -2.16. The maximum absolute atomic E-state index is 11.0. The maximum atomic E-state index is 11.0. The van der Waals surface area contributed by atoms with Gasteiger partial charge in [0.15, 0.2) is 5.52 Å². The van der Waals surface area contributed by atoms with Crippen molar-refractivity contribution in [2.24, 2.45) is 0 Å². The van der Waals surface area contributed by atoms with E-state index in [9.17, 15) is 10.1 Å². The van der Waals surface area contributed by atoms with Gasteiger partial charge in [-0.25, -0.2) is 0 Å². The molecule has 0 saturated carbocycles. The molecule has 2 aromatic rings. The molecule has 1 aliphatic heterocycles. The minimum atomic E-state index is -0.496. The molecule has 7 heteroatoms. The smallest absolute Gasteiger partial charge is 0.315 e. The minimum Gasteiger partial charge on any atom is -0.373 e. The van der Waals surface area contributed by atoms with Crippen molar-refractivity contribution in [3.05, 3.63) is 33.0 Å². The first kappa shape index (κ1) is 10.5. The van der Waals surface area contributed by atoms with Crippen molar-refractivity contribution >= 4 is 28.2 Å². The summed E-state index contributed by atoms with van der Waals surface area (Å²) in [7, 11) is 0. The Morgan fingerprint density at radius 3 is 3.12 bits per heavy atom. The number of nitrogens with zero attached hydrogens (tertiary/aromatic N) is 3. The Kier molecular flexibility index (Phi) is 2.27. The van der Waals surface area contributed by atoms with Crippen LogP contribution in [0.2, 0.25) is 5.02 Å². The van der Waals surface area contributed by atoms with Gasteiger partial charge in [-0.15, -0.1) is 0 Å². The van der Waals surface area contributed by atoms with Gasteiger partial charge in [0.25, 0.3) is 0 Å². The first-order chi connectivity index (χ1) is 8.18. The first-order valence-corrected chi connectivity index (χ1v) is 5.46. The lowest BCUT2D eigenvalue weighted by atomic mass is 10.2. The molecule has 0 N–H and O–H groups in total. The van der Waals surface area contributed by atoms with E-state index in [2.05, 4.69) is 5.10 Å². The van der Waals surface area contributed by atoms with Crippen molar-refractivity contribution in [1.82, 2.24) is 9.78 Å². The summed E-state index contributed by atoms with van der Waals surface area (Å²) in [5, 5.41) is 16.1. The molecule has 3 rings (SSSR count). The lowest BCUT2D eigenvalue weighted by Gasteiger charge is -2.13. The van der Waals surface area contributed by atoms with Crippen LogP contribution in [0.3, 0.4) is 0 Å². The average molecular weight is 254 g/mol. The molecule has 0 unspecified atom stereocenters. The fourth-order valence-electron chi connectivity index (χ4n) is 2.04. The summed E-state index contributed by atoms with van der Waals surface area (Å²) in [5.74, 6) is 0. The summed E-state index contributed by atoms with van der Waals surface area (Å²) in [6.45, 7) is 1.61. The standard InChI is InChI=1S/C10H8ClN3O3/c11-7-2-1-6-8-5-17-4-3-13(8)12-9(6)10(7)14(15)16/h1-2H,3-5H2. The fourth-order valence-corrected chi connectivity index (χ4v) is 2.26. The molecule has 17 heavy (non-hydrogen) atoms. The predicted molar refractivity (Wildman–Crippen MR) is 61.1 cm³/mol. The number of halogens is 1. The van der Waals surface area contributed by atoms with Crippen LogP contribution in [-0.2, 0) is 17.9 Å². The highest BCUT2D eigenvalue weighted by Gasteiger charge is 2.24. The van der Waals surface area contributed by atoms with Crippen molar-refractivity contribution in [3.8, 4) is 0 Å². The van der Waals surface area contributed by atoms with E-state index in [0.29, 0.717) is 25.3 Å². The second kappa shape index (κ2) is 3.68. The number of nitro groups is 1. The van der Waals surface area contributed by atoms with Gasteiger partial charge in [0.2, 0.25) is 0 Å². The molecule has 0 amide bonds. The summed E-state index contributed by atoms with van der Waals surface area (Å²) < 4.78 is 7.08. The molecule has 0 fully saturated rings. The quantitative estimate of drug-likeness (QED) is 0.577. The highest BCUT2D eigenvalue weighted by Crippen LogP contribution is 2.34. The Balaban J connectivity index is 2.37. The number of nitro benzene ring substituents is 1. The monoisotopic (exact) mass is 253 g/mol. The van der Waals surface area contributed by atoms with E-state index in [-0.39, 0.29) is 10.7 Å². The molecule has 0 atom stereocenters. The molecular weight excluding hydrogens is 246 g/mol. The molecule has 0 saturated heterocycles. The van der Waals surface area contributed by atoms with Gasteiger partial charge in [-0.1, -0.05) is 11.6 Å². The van der Waals surface area contributed by atoms with Crippen molar-refractivity contribution < 1.29 is 9.66 Å². The van der Waals surface area contributed by atoms with E-state index in [0.717, 1.165) is 11.1 Å². The Morgan fingerprint density at radius 2 is 2.35 bits per heavy atom. The van der Waals surface area contributed by atoms with Crippen LogP contribution in [0.1, 0.15) is 5.69 Å². The molecule has 6 nitrogen and oxygen atoms in total. The number of hydrogen-bond acceptors (Lipinski definition) is 4. The van der Waals surface area contributed by atoms with Crippen LogP contribution in [0.4, 0.5) is 5.69 Å². The fraction of sp³-hybridized carbons (Fsp3) is 0.300. The molecule has 1 aromatic carbocycles.